The molecule has 0 amide bonds. The molecule has 1 N–H and O–H groups in total. The lowest BCUT2D eigenvalue weighted by Gasteiger charge is -2.31. The molecular weight excluding hydrogens is 433 g/mol. The number of likely N-dealkylation sites (N-methyl/N-ethyl adjacent to an activating group) is 1. The second kappa shape index (κ2) is 8.64. The molecule has 2 aromatic rings. The number of rotatable bonds is 7. The summed E-state index contributed by atoms with van der Waals surface area (Å²) in [4.78, 5) is 6.23. The van der Waals surface area contributed by atoms with Crippen LogP contribution in [0.25, 0.3) is 0 Å². The quantitative estimate of drug-likeness (QED) is 0.688. The first-order valence-electron chi connectivity index (χ1n) is 9.56. The summed E-state index contributed by atoms with van der Waals surface area (Å²) >= 11 is 0. The van der Waals surface area contributed by atoms with Crippen molar-refractivity contribution in [2.45, 2.75) is 23.8 Å². The van der Waals surface area contributed by atoms with Gasteiger partial charge < -0.3 is 14.5 Å². The maximum atomic E-state index is 15.1. The van der Waals surface area contributed by atoms with Crippen LogP contribution in [0.5, 0.6) is 0 Å². The Morgan fingerprint density at radius 2 is 2.00 bits per heavy atom. The lowest BCUT2D eigenvalue weighted by molar-refractivity contribution is -0.0100. The van der Waals surface area contributed by atoms with E-state index in [9.17, 15) is 17.2 Å². The summed E-state index contributed by atoms with van der Waals surface area (Å²) in [6.07, 6.45) is 1.45. The molecule has 2 heterocycles. The zero-order chi connectivity index (χ0) is 23.0. The molecular formula is C20H25F3N4O3S. The third-order valence-corrected chi connectivity index (χ3v) is 6.71. The van der Waals surface area contributed by atoms with Gasteiger partial charge in [-0.15, -0.1) is 0 Å². The number of hydrogen-bond donors (Lipinski definition) is 1. The Hall–Kier alpha value is -2.37. The van der Waals surface area contributed by atoms with Gasteiger partial charge in [-0.05, 0) is 45.6 Å². The Balaban J connectivity index is 1.93. The number of pyridine rings is 1. The van der Waals surface area contributed by atoms with Crippen molar-refractivity contribution in [2.75, 3.05) is 50.5 Å². The van der Waals surface area contributed by atoms with E-state index in [4.69, 9.17) is 4.74 Å². The molecule has 1 aromatic heterocycles. The fraction of sp³-hybridized carbons (Fsp3) is 0.450. The highest BCUT2D eigenvalue weighted by molar-refractivity contribution is 7.92. The molecule has 170 valence electrons. The van der Waals surface area contributed by atoms with Gasteiger partial charge in [0.25, 0.3) is 10.0 Å². The second-order valence-corrected chi connectivity index (χ2v) is 9.53. The van der Waals surface area contributed by atoms with Crippen molar-refractivity contribution in [2.24, 2.45) is 0 Å². The third-order valence-electron chi connectivity index (χ3n) is 5.32. The fourth-order valence-electron chi connectivity index (χ4n) is 3.87. The Morgan fingerprint density at radius 1 is 1.29 bits per heavy atom. The van der Waals surface area contributed by atoms with Crippen LogP contribution in [-0.4, -0.2) is 64.7 Å². The van der Waals surface area contributed by atoms with Crippen LogP contribution in [0.4, 0.5) is 24.7 Å². The van der Waals surface area contributed by atoms with Gasteiger partial charge in [-0.3, -0.25) is 4.72 Å². The second-order valence-electron chi connectivity index (χ2n) is 7.91. The van der Waals surface area contributed by atoms with Crippen LogP contribution in [0.1, 0.15) is 12.0 Å². The number of aromatic nitrogens is 1. The molecule has 1 aliphatic heterocycles. The van der Waals surface area contributed by atoms with Crippen LogP contribution in [0.15, 0.2) is 29.3 Å². The number of hydrogen-bond acceptors (Lipinski definition) is 6. The van der Waals surface area contributed by atoms with Crippen molar-refractivity contribution in [3.05, 3.63) is 47.4 Å². The standard InChI is InChI=1S/C20H25F3N4O3S/c1-13-16(27-8-7-20(12-27,30-4)11-26(2)3)9-15(22)19(18(13)23)31(28,29)25-17-6-5-14(21)10-24-17/h5-6,9-10H,7-8,11-12H2,1-4H3,(H,24,25)/t20-/m0/s1. The van der Waals surface area contributed by atoms with Crippen LogP contribution in [0.2, 0.25) is 0 Å². The number of halogens is 3. The molecule has 0 aliphatic carbocycles. The maximum absolute atomic E-state index is 15.1. The highest BCUT2D eigenvalue weighted by atomic mass is 32.2. The van der Waals surface area contributed by atoms with E-state index in [1.807, 2.05) is 23.7 Å². The Bertz CT molecular complexity index is 1060. The number of nitrogens with one attached hydrogen (secondary N) is 1. The van der Waals surface area contributed by atoms with Gasteiger partial charge in [0, 0.05) is 38.0 Å². The van der Waals surface area contributed by atoms with Gasteiger partial charge >= 0.3 is 0 Å². The van der Waals surface area contributed by atoms with Crippen LogP contribution in [0, 0.1) is 24.4 Å². The van der Waals surface area contributed by atoms with Crippen molar-refractivity contribution in [1.82, 2.24) is 9.88 Å². The van der Waals surface area contributed by atoms with Crippen LogP contribution >= 0.6 is 0 Å². The monoisotopic (exact) mass is 458 g/mol. The minimum absolute atomic E-state index is 0.00518. The first-order valence-corrected chi connectivity index (χ1v) is 11.0. The number of nitrogens with zero attached hydrogens (tertiary/aromatic N) is 3. The normalized spacial score (nSPS) is 19.3. The summed E-state index contributed by atoms with van der Waals surface area (Å²) in [6.45, 7) is 2.94. The Kier molecular flexibility index (Phi) is 6.49. The molecule has 1 saturated heterocycles. The van der Waals surface area contributed by atoms with Crippen molar-refractivity contribution in [1.29, 1.82) is 0 Å². The molecule has 31 heavy (non-hydrogen) atoms. The van der Waals surface area contributed by atoms with E-state index in [0.717, 1.165) is 24.4 Å². The van der Waals surface area contributed by atoms with Gasteiger partial charge in [0.15, 0.2) is 10.7 Å². The predicted molar refractivity (Wildman–Crippen MR) is 111 cm³/mol. The number of anilines is 2. The third kappa shape index (κ3) is 4.78. The molecule has 1 atom stereocenters. The van der Waals surface area contributed by atoms with Crippen LogP contribution in [0.3, 0.4) is 0 Å². The number of benzene rings is 1. The molecule has 3 rings (SSSR count). The average molecular weight is 459 g/mol. The molecule has 1 aromatic carbocycles. The van der Waals surface area contributed by atoms with E-state index < -0.39 is 38.0 Å². The van der Waals surface area contributed by atoms with Gasteiger partial charge in [-0.25, -0.2) is 26.6 Å². The summed E-state index contributed by atoms with van der Waals surface area (Å²) in [6, 6.07) is 3.06. The number of methoxy groups -OCH3 is 1. The molecule has 0 unspecified atom stereocenters. The molecule has 1 fully saturated rings. The minimum atomic E-state index is -4.63. The lowest BCUT2D eigenvalue weighted by Crippen LogP contribution is -2.44. The fourth-order valence-corrected chi connectivity index (χ4v) is 5.07. The highest BCUT2D eigenvalue weighted by Crippen LogP contribution is 2.36. The summed E-state index contributed by atoms with van der Waals surface area (Å²) in [7, 11) is 0.801. The van der Waals surface area contributed by atoms with Gasteiger partial charge in [0.2, 0.25) is 0 Å². The number of ether oxygens (including phenoxy) is 1. The topological polar surface area (TPSA) is 74.8 Å². The van der Waals surface area contributed by atoms with Gasteiger partial charge in [0.05, 0.1) is 11.8 Å². The molecule has 1 aliphatic rings. The Morgan fingerprint density at radius 3 is 2.58 bits per heavy atom. The maximum Gasteiger partial charge on any atom is 0.268 e. The SMILES string of the molecule is CO[C@]1(CN(C)C)CCN(c2cc(F)c(S(=O)(=O)Nc3ccc(F)cn3)c(F)c2C)C1. The van der Waals surface area contributed by atoms with Crippen molar-refractivity contribution >= 4 is 21.5 Å². The summed E-state index contributed by atoms with van der Waals surface area (Å²) in [5.74, 6) is -3.34. The van der Waals surface area contributed by atoms with Crippen molar-refractivity contribution in [3.63, 3.8) is 0 Å². The predicted octanol–water partition coefficient (Wildman–Crippen LogP) is 2.77. The smallest absolute Gasteiger partial charge is 0.268 e. The van der Waals surface area contributed by atoms with Crippen LogP contribution in [-0.2, 0) is 14.8 Å². The highest BCUT2D eigenvalue weighted by Gasteiger charge is 2.40. The molecule has 0 spiro atoms. The van der Waals surface area contributed by atoms with E-state index in [1.165, 1.54) is 6.92 Å². The molecule has 11 heteroatoms. The molecule has 7 nitrogen and oxygen atoms in total. The molecule has 0 bridgehead atoms. The van der Waals surface area contributed by atoms with Crippen LogP contribution < -0.4 is 9.62 Å². The van der Waals surface area contributed by atoms with E-state index in [1.54, 1.807) is 12.0 Å². The van der Waals surface area contributed by atoms with Crippen molar-refractivity contribution < 1.29 is 26.3 Å². The zero-order valence-electron chi connectivity index (χ0n) is 17.7. The first-order chi connectivity index (χ1) is 14.5. The molecule has 0 saturated carbocycles. The van der Waals surface area contributed by atoms with Crippen molar-refractivity contribution in [3.8, 4) is 0 Å². The summed E-state index contributed by atoms with van der Waals surface area (Å²) < 4.78 is 75.9. The Labute approximate surface area is 179 Å². The van der Waals surface area contributed by atoms with E-state index in [0.29, 0.717) is 26.1 Å². The summed E-state index contributed by atoms with van der Waals surface area (Å²) in [5, 5.41) is 0. The molecule has 0 radical (unpaired) electrons. The van der Waals surface area contributed by atoms with E-state index in [2.05, 4.69) is 4.98 Å². The van der Waals surface area contributed by atoms with Gasteiger partial charge in [0.1, 0.15) is 17.5 Å². The van der Waals surface area contributed by atoms with Gasteiger partial charge in [-0.2, -0.15) is 0 Å². The zero-order valence-corrected chi connectivity index (χ0v) is 18.6. The first kappa shape index (κ1) is 23.3. The largest absolute Gasteiger partial charge is 0.375 e. The number of sulfonamides is 1. The lowest BCUT2D eigenvalue weighted by atomic mass is 10.0. The van der Waals surface area contributed by atoms with E-state index >= 15 is 4.39 Å². The average Bonchev–Trinajstić information content (AvgIpc) is 3.10. The summed E-state index contributed by atoms with van der Waals surface area (Å²) in [5.41, 5.74) is -0.221. The van der Waals surface area contributed by atoms with E-state index in [-0.39, 0.29) is 17.1 Å². The van der Waals surface area contributed by atoms with Gasteiger partial charge in [-0.1, -0.05) is 0 Å². The minimum Gasteiger partial charge on any atom is -0.375 e.